The summed E-state index contributed by atoms with van der Waals surface area (Å²) in [5, 5.41) is 0.604. The van der Waals surface area contributed by atoms with Gasteiger partial charge in [-0.05, 0) is 42.8 Å². The Kier molecular flexibility index (Phi) is 5.43. The Bertz CT molecular complexity index is 1130. The monoisotopic (exact) mass is 406 g/mol. The maximum absolute atomic E-state index is 14.0. The van der Waals surface area contributed by atoms with Crippen LogP contribution in [0.2, 0.25) is 5.02 Å². The summed E-state index contributed by atoms with van der Waals surface area (Å²) in [6.45, 7) is 1.70. The molecule has 0 amide bonds. The van der Waals surface area contributed by atoms with Crippen LogP contribution in [0.4, 0.5) is 10.1 Å². The van der Waals surface area contributed by atoms with Gasteiger partial charge in [0.2, 0.25) is 10.0 Å². The third-order valence-electron chi connectivity index (χ3n) is 3.89. The number of fused-ring (bicyclic) bond motifs is 1. The van der Waals surface area contributed by atoms with Gasteiger partial charge in [-0.15, -0.1) is 0 Å². The van der Waals surface area contributed by atoms with Crippen molar-refractivity contribution in [3.8, 4) is 0 Å². The first-order valence-electron chi connectivity index (χ1n) is 8.20. The van der Waals surface area contributed by atoms with E-state index >= 15 is 0 Å². The van der Waals surface area contributed by atoms with E-state index in [-0.39, 0.29) is 22.0 Å². The summed E-state index contributed by atoms with van der Waals surface area (Å²) in [6.07, 6.45) is 2.03. The molecule has 5 nitrogen and oxygen atoms in total. The van der Waals surface area contributed by atoms with Crippen molar-refractivity contribution in [2.45, 2.75) is 13.3 Å². The SMILES string of the molecule is CCCS(=O)(=O)Nc1cc(F)cc(C(=O)c2ccc3ncccc3c2)c1Cl. The minimum atomic E-state index is -3.68. The number of nitrogens with one attached hydrogen (secondary N) is 1. The summed E-state index contributed by atoms with van der Waals surface area (Å²) < 4.78 is 40.2. The average Bonchev–Trinajstić information content (AvgIpc) is 2.63. The molecular formula is C19H16ClFN2O3S. The van der Waals surface area contributed by atoms with Crippen LogP contribution in [0.1, 0.15) is 29.3 Å². The molecule has 0 saturated heterocycles. The van der Waals surface area contributed by atoms with E-state index in [0.717, 1.165) is 17.5 Å². The fraction of sp³-hybridized carbons (Fsp3) is 0.158. The van der Waals surface area contributed by atoms with Gasteiger partial charge in [0.25, 0.3) is 0 Å². The molecular weight excluding hydrogens is 391 g/mol. The maximum Gasteiger partial charge on any atom is 0.232 e. The number of pyridine rings is 1. The molecule has 1 heterocycles. The van der Waals surface area contributed by atoms with Gasteiger partial charge in [0.1, 0.15) is 5.82 Å². The lowest BCUT2D eigenvalue weighted by Gasteiger charge is -2.12. The number of aromatic nitrogens is 1. The molecule has 0 unspecified atom stereocenters. The molecule has 0 aliphatic heterocycles. The van der Waals surface area contributed by atoms with E-state index in [1.165, 1.54) is 0 Å². The smallest absolute Gasteiger partial charge is 0.232 e. The fourth-order valence-corrected chi connectivity index (χ4v) is 4.12. The molecule has 8 heteroatoms. The van der Waals surface area contributed by atoms with E-state index < -0.39 is 21.6 Å². The number of hydrogen-bond acceptors (Lipinski definition) is 4. The second-order valence-electron chi connectivity index (χ2n) is 5.98. The summed E-state index contributed by atoms with van der Waals surface area (Å²) >= 11 is 6.22. The van der Waals surface area contributed by atoms with Gasteiger partial charge in [-0.1, -0.05) is 24.6 Å². The number of hydrogen-bond donors (Lipinski definition) is 1. The normalized spacial score (nSPS) is 11.5. The van der Waals surface area contributed by atoms with Crippen LogP contribution in [0.3, 0.4) is 0 Å². The minimum absolute atomic E-state index is 0.117. The number of ketones is 1. The Morgan fingerprint density at radius 3 is 2.74 bits per heavy atom. The zero-order valence-electron chi connectivity index (χ0n) is 14.4. The minimum Gasteiger partial charge on any atom is -0.289 e. The number of rotatable bonds is 6. The number of anilines is 1. The highest BCUT2D eigenvalue weighted by atomic mass is 35.5. The Morgan fingerprint density at radius 2 is 2.00 bits per heavy atom. The van der Waals surface area contributed by atoms with Gasteiger partial charge in [-0.25, -0.2) is 12.8 Å². The highest BCUT2D eigenvalue weighted by Crippen LogP contribution is 2.30. The second kappa shape index (κ2) is 7.62. The molecule has 0 aliphatic carbocycles. The van der Waals surface area contributed by atoms with Crippen LogP contribution in [0.25, 0.3) is 10.9 Å². The first-order valence-corrected chi connectivity index (χ1v) is 10.2. The maximum atomic E-state index is 14.0. The van der Waals surface area contributed by atoms with Gasteiger partial charge in [-0.2, -0.15) is 0 Å². The Morgan fingerprint density at radius 1 is 1.22 bits per heavy atom. The highest BCUT2D eigenvalue weighted by Gasteiger charge is 2.20. The fourth-order valence-electron chi connectivity index (χ4n) is 2.69. The molecule has 0 saturated carbocycles. The first-order chi connectivity index (χ1) is 12.8. The highest BCUT2D eigenvalue weighted by molar-refractivity contribution is 7.92. The van der Waals surface area contributed by atoms with Gasteiger partial charge >= 0.3 is 0 Å². The molecule has 0 aliphatic rings. The molecule has 0 fully saturated rings. The third kappa shape index (κ3) is 4.26. The van der Waals surface area contributed by atoms with Crippen molar-refractivity contribution < 1.29 is 17.6 Å². The van der Waals surface area contributed by atoms with Crippen molar-refractivity contribution >= 4 is 44.0 Å². The van der Waals surface area contributed by atoms with Crippen LogP contribution in [0.15, 0.2) is 48.7 Å². The lowest BCUT2D eigenvalue weighted by Crippen LogP contribution is -2.17. The number of nitrogens with zero attached hydrogens (tertiary/aromatic N) is 1. The average molecular weight is 407 g/mol. The third-order valence-corrected chi connectivity index (χ3v) is 5.77. The van der Waals surface area contributed by atoms with Crippen molar-refractivity contribution in [3.63, 3.8) is 0 Å². The van der Waals surface area contributed by atoms with Crippen molar-refractivity contribution in [2.24, 2.45) is 0 Å². The van der Waals surface area contributed by atoms with E-state index in [0.29, 0.717) is 17.5 Å². The van der Waals surface area contributed by atoms with Crippen LogP contribution >= 0.6 is 11.6 Å². The summed E-state index contributed by atoms with van der Waals surface area (Å²) in [7, 11) is -3.68. The quantitative estimate of drug-likeness (QED) is 0.615. The lowest BCUT2D eigenvalue weighted by atomic mass is 10.0. The molecule has 27 heavy (non-hydrogen) atoms. The predicted molar refractivity (Wildman–Crippen MR) is 104 cm³/mol. The molecule has 0 atom stereocenters. The topological polar surface area (TPSA) is 76.1 Å². The molecule has 1 N–H and O–H groups in total. The molecule has 0 bridgehead atoms. The summed E-state index contributed by atoms with van der Waals surface area (Å²) in [5.41, 5.74) is 0.739. The van der Waals surface area contributed by atoms with Crippen LogP contribution in [-0.2, 0) is 10.0 Å². The van der Waals surface area contributed by atoms with Crippen molar-refractivity contribution in [1.29, 1.82) is 0 Å². The molecule has 0 spiro atoms. The number of carbonyl (C=O) groups is 1. The lowest BCUT2D eigenvalue weighted by molar-refractivity contribution is 0.103. The molecule has 3 rings (SSSR count). The summed E-state index contributed by atoms with van der Waals surface area (Å²) in [5.74, 6) is -1.42. The zero-order chi connectivity index (χ0) is 19.6. The number of halogens is 2. The van der Waals surface area contributed by atoms with Crippen molar-refractivity contribution in [1.82, 2.24) is 4.98 Å². The Hall–Kier alpha value is -2.51. The van der Waals surface area contributed by atoms with Gasteiger partial charge < -0.3 is 0 Å². The molecule has 3 aromatic rings. The van der Waals surface area contributed by atoms with Crippen LogP contribution in [0.5, 0.6) is 0 Å². The number of carbonyl (C=O) groups excluding carboxylic acids is 1. The van der Waals surface area contributed by atoms with Crippen LogP contribution in [0, 0.1) is 5.82 Å². The predicted octanol–water partition coefficient (Wildman–Crippen LogP) is 4.41. The van der Waals surface area contributed by atoms with Crippen molar-refractivity contribution in [2.75, 3.05) is 10.5 Å². The van der Waals surface area contributed by atoms with Gasteiger partial charge in [0.15, 0.2) is 5.78 Å². The van der Waals surface area contributed by atoms with Crippen LogP contribution in [-0.4, -0.2) is 24.9 Å². The van der Waals surface area contributed by atoms with Crippen LogP contribution < -0.4 is 4.72 Å². The number of sulfonamides is 1. The second-order valence-corrected chi connectivity index (χ2v) is 8.20. The largest absolute Gasteiger partial charge is 0.289 e. The van der Waals surface area contributed by atoms with E-state index in [2.05, 4.69) is 9.71 Å². The van der Waals surface area contributed by atoms with Gasteiger partial charge in [0, 0.05) is 22.7 Å². The molecule has 2 aromatic carbocycles. The van der Waals surface area contributed by atoms with Gasteiger partial charge in [0.05, 0.1) is 22.0 Å². The molecule has 0 radical (unpaired) electrons. The zero-order valence-corrected chi connectivity index (χ0v) is 15.9. The number of benzene rings is 2. The molecule has 1 aromatic heterocycles. The van der Waals surface area contributed by atoms with E-state index in [9.17, 15) is 17.6 Å². The van der Waals surface area contributed by atoms with E-state index in [1.807, 2.05) is 0 Å². The summed E-state index contributed by atoms with van der Waals surface area (Å²) in [6, 6.07) is 10.4. The van der Waals surface area contributed by atoms with E-state index in [1.54, 1.807) is 43.5 Å². The van der Waals surface area contributed by atoms with Gasteiger partial charge in [-0.3, -0.25) is 14.5 Å². The standard InChI is InChI=1S/C19H16ClFN2O3S/c1-2-8-27(25,26)23-17-11-14(21)10-15(18(17)20)19(24)13-5-6-16-12(9-13)4-3-7-22-16/h3-7,9-11,23H,2,8H2,1H3. The summed E-state index contributed by atoms with van der Waals surface area (Å²) in [4.78, 5) is 17.0. The Labute approximate surface area is 161 Å². The van der Waals surface area contributed by atoms with Crippen molar-refractivity contribution in [3.05, 3.63) is 70.6 Å². The Balaban J connectivity index is 2.03. The molecule has 140 valence electrons. The first kappa shape index (κ1) is 19.3. The van der Waals surface area contributed by atoms with E-state index in [4.69, 9.17) is 11.6 Å².